The maximum atomic E-state index is 13.1. The highest BCUT2D eigenvalue weighted by Crippen LogP contribution is 2.22. The van der Waals surface area contributed by atoms with Crippen LogP contribution >= 0.6 is 23.4 Å². The van der Waals surface area contributed by atoms with Crippen LogP contribution < -0.4 is 10.3 Å². The van der Waals surface area contributed by atoms with Gasteiger partial charge in [-0.05, 0) is 42.5 Å². The molecule has 0 atom stereocenters. The number of halogens is 1. The van der Waals surface area contributed by atoms with Gasteiger partial charge in [0.2, 0.25) is 0 Å². The molecule has 7 heteroatoms. The maximum Gasteiger partial charge on any atom is 0.266 e. The van der Waals surface area contributed by atoms with E-state index in [-0.39, 0.29) is 5.56 Å². The summed E-state index contributed by atoms with van der Waals surface area (Å²) in [5, 5.41) is 1.81. The first-order valence-electron chi connectivity index (χ1n) is 8.66. The minimum absolute atomic E-state index is 0.114. The topological polar surface area (TPSA) is 57.0 Å². The van der Waals surface area contributed by atoms with E-state index in [0.717, 1.165) is 0 Å². The Morgan fingerprint density at radius 2 is 1.96 bits per heavy atom. The summed E-state index contributed by atoms with van der Waals surface area (Å²) in [6.45, 7) is 0.459. The molecular weight excluding hydrogens is 394 g/mol. The van der Waals surface area contributed by atoms with Crippen molar-refractivity contribution in [3.05, 3.63) is 88.4 Å². The molecule has 0 aliphatic rings. The van der Waals surface area contributed by atoms with Gasteiger partial charge in [0.25, 0.3) is 5.56 Å². The summed E-state index contributed by atoms with van der Waals surface area (Å²) >= 11 is 7.44. The molecule has 0 saturated carbocycles. The molecule has 0 saturated heterocycles. The molecule has 2 aromatic carbocycles. The van der Waals surface area contributed by atoms with Crippen molar-refractivity contribution in [2.24, 2.45) is 0 Å². The molecule has 0 bridgehead atoms. The number of para-hydroxylation sites is 1. The molecular formula is C21H16ClN3O2S. The molecule has 140 valence electrons. The number of thioether (sulfide) groups is 1. The minimum Gasteiger partial charge on any atom is -0.493 e. The van der Waals surface area contributed by atoms with Gasteiger partial charge in [0.1, 0.15) is 5.75 Å². The molecule has 0 radical (unpaired) electrons. The van der Waals surface area contributed by atoms with Gasteiger partial charge in [-0.2, -0.15) is 0 Å². The first kappa shape index (κ1) is 18.5. The Bertz CT molecular complexity index is 1170. The van der Waals surface area contributed by atoms with Gasteiger partial charge in [0.15, 0.2) is 5.16 Å². The van der Waals surface area contributed by atoms with Crippen molar-refractivity contribution < 1.29 is 4.74 Å². The van der Waals surface area contributed by atoms with Crippen molar-refractivity contribution in [1.29, 1.82) is 0 Å². The van der Waals surface area contributed by atoms with Crippen LogP contribution in [0.3, 0.4) is 0 Å². The van der Waals surface area contributed by atoms with E-state index >= 15 is 0 Å². The van der Waals surface area contributed by atoms with Crippen LogP contribution in [0, 0.1) is 0 Å². The highest BCUT2D eigenvalue weighted by molar-refractivity contribution is 7.99. The second-order valence-electron chi connectivity index (χ2n) is 5.92. The third-order valence-electron chi connectivity index (χ3n) is 4.03. The van der Waals surface area contributed by atoms with E-state index in [2.05, 4.69) is 4.98 Å². The molecule has 5 nitrogen and oxygen atoms in total. The summed E-state index contributed by atoms with van der Waals surface area (Å²) in [4.78, 5) is 21.9. The average Bonchev–Trinajstić information content (AvgIpc) is 2.72. The van der Waals surface area contributed by atoms with E-state index in [0.29, 0.717) is 44.9 Å². The Kier molecular flexibility index (Phi) is 5.60. The predicted molar refractivity (Wildman–Crippen MR) is 113 cm³/mol. The number of pyridine rings is 1. The Hall–Kier alpha value is -2.83. The van der Waals surface area contributed by atoms with Gasteiger partial charge in [0, 0.05) is 17.0 Å². The average molecular weight is 410 g/mol. The number of ether oxygens (including phenoxy) is 1. The van der Waals surface area contributed by atoms with E-state index in [9.17, 15) is 4.79 Å². The van der Waals surface area contributed by atoms with Crippen LogP contribution in [0.2, 0.25) is 5.02 Å². The largest absolute Gasteiger partial charge is 0.493 e. The minimum atomic E-state index is -0.114. The van der Waals surface area contributed by atoms with Gasteiger partial charge < -0.3 is 4.74 Å². The fourth-order valence-corrected chi connectivity index (χ4v) is 3.78. The molecule has 4 aromatic rings. The number of benzene rings is 2. The highest BCUT2D eigenvalue weighted by atomic mass is 35.5. The van der Waals surface area contributed by atoms with Gasteiger partial charge >= 0.3 is 0 Å². The molecule has 4 rings (SSSR count). The van der Waals surface area contributed by atoms with Crippen molar-refractivity contribution in [3.63, 3.8) is 0 Å². The third-order valence-corrected chi connectivity index (χ3v) is 5.17. The summed E-state index contributed by atoms with van der Waals surface area (Å²) in [6.07, 6.45) is 3.33. The monoisotopic (exact) mass is 409 g/mol. The van der Waals surface area contributed by atoms with E-state index < -0.39 is 0 Å². The van der Waals surface area contributed by atoms with Crippen molar-refractivity contribution in [2.45, 2.75) is 5.16 Å². The number of hydrogen-bond acceptors (Lipinski definition) is 5. The molecule has 0 amide bonds. The van der Waals surface area contributed by atoms with E-state index in [1.54, 1.807) is 41.2 Å². The van der Waals surface area contributed by atoms with Gasteiger partial charge in [-0.25, -0.2) is 4.98 Å². The lowest BCUT2D eigenvalue weighted by molar-refractivity contribution is 0.344. The summed E-state index contributed by atoms with van der Waals surface area (Å²) in [5.74, 6) is 1.33. The van der Waals surface area contributed by atoms with E-state index in [1.807, 2.05) is 36.4 Å². The number of fused-ring (bicyclic) bond motifs is 1. The lowest BCUT2D eigenvalue weighted by atomic mass is 10.2. The van der Waals surface area contributed by atoms with E-state index in [1.165, 1.54) is 11.8 Å². The zero-order chi connectivity index (χ0) is 19.3. The van der Waals surface area contributed by atoms with Gasteiger partial charge in [-0.1, -0.05) is 41.6 Å². The Morgan fingerprint density at radius 3 is 2.79 bits per heavy atom. The Morgan fingerprint density at radius 1 is 1.07 bits per heavy atom. The summed E-state index contributed by atoms with van der Waals surface area (Å²) in [7, 11) is 0. The van der Waals surface area contributed by atoms with Crippen molar-refractivity contribution in [2.75, 3.05) is 12.4 Å². The lowest BCUT2D eigenvalue weighted by Crippen LogP contribution is -2.22. The Labute approximate surface area is 171 Å². The molecule has 2 aromatic heterocycles. The van der Waals surface area contributed by atoms with Crippen LogP contribution in [-0.2, 0) is 0 Å². The molecule has 2 heterocycles. The predicted octanol–water partition coefficient (Wildman–Crippen LogP) is 4.61. The van der Waals surface area contributed by atoms with Crippen molar-refractivity contribution >= 4 is 34.3 Å². The van der Waals surface area contributed by atoms with Crippen LogP contribution in [0.1, 0.15) is 0 Å². The second kappa shape index (κ2) is 8.46. The molecule has 0 N–H and O–H groups in total. The molecule has 0 aliphatic heterocycles. The molecule has 0 aliphatic carbocycles. The normalized spacial score (nSPS) is 10.9. The first-order chi connectivity index (χ1) is 13.7. The number of rotatable bonds is 6. The van der Waals surface area contributed by atoms with Crippen LogP contribution in [0.15, 0.2) is 83.0 Å². The standard InChI is InChI=1S/C21H16ClN3O2S/c22-15-5-3-7-17(13-15)27-11-12-28-21-24-19-9-2-1-8-18(19)20(26)25(21)16-6-4-10-23-14-16/h1-10,13-14H,11-12H2. The second-order valence-corrected chi connectivity index (χ2v) is 7.42. The molecule has 28 heavy (non-hydrogen) atoms. The fourth-order valence-electron chi connectivity index (χ4n) is 2.77. The van der Waals surface area contributed by atoms with Gasteiger partial charge in [0.05, 0.1) is 29.4 Å². The maximum absolute atomic E-state index is 13.1. The van der Waals surface area contributed by atoms with Gasteiger partial charge in [-0.15, -0.1) is 0 Å². The number of aromatic nitrogens is 3. The fraction of sp³-hybridized carbons (Fsp3) is 0.0952. The zero-order valence-electron chi connectivity index (χ0n) is 14.8. The Balaban J connectivity index is 1.61. The first-order valence-corrected chi connectivity index (χ1v) is 10.0. The molecule has 0 unspecified atom stereocenters. The van der Waals surface area contributed by atoms with Crippen LogP contribution in [-0.4, -0.2) is 26.9 Å². The van der Waals surface area contributed by atoms with Crippen molar-refractivity contribution in [1.82, 2.24) is 14.5 Å². The SMILES string of the molecule is O=c1c2ccccc2nc(SCCOc2cccc(Cl)c2)n1-c1cccnc1. The van der Waals surface area contributed by atoms with Gasteiger partial charge in [-0.3, -0.25) is 14.3 Å². The van der Waals surface area contributed by atoms with Crippen LogP contribution in [0.25, 0.3) is 16.6 Å². The quantitative estimate of drug-likeness (QED) is 0.264. The van der Waals surface area contributed by atoms with Crippen LogP contribution in [0.4, 0.5) is 0 Å². The molecule has 0 spiro atoms. The number of nitrogens with zero attached hydrogens (tertiary/aromatic N) is 3. The van der Waals surface area contributed by atoms with E-state index in [4.69, 9.17) is 21.3 Å². The summed E-state index contributed by atoms with van der Waals surface area (Å²) in [6, 6.07) is 18.3. The summed E-state index contributed by atoms with van der Waals surface area (Å²) < 4.78 is 7.34. The summed E-state index contributed by atoms with van der Waals surface area (Å²) in [5.41, 5.74) is 1.24. The van der Waals surface area contributed by atoms with Crippen molar-refractivity contribution in [3.8, 4) is 11.4 Å². The highest BCUT2D eigenvalue weighted by Gasteiger charge is 2.13. The lowest BCUT2D eigenvalue weighted by Gasteiger charge is -2.13. The molecule has 0 fully saturated rings. The van der Waals surface area contributed by atoms with Crippen LogP contribution in [0.5, 0.6) is 5.75 Å². The third kappa shape index (κ3) is 4.03. The smallest absolute Gasteiger partial charge is 0.266 e. The number of hydrogen-bond donors (Lipinski definition) is 0. The zero-order valence-corrected chi connectivity index (χ0v) is 16.4.